The third kappa shape index (κ3) is 5.07. The monoisotopic (exact) mass is 270 g/mol. The highest BCUT2D eigenvalue weighted by atomic mass is 35.5. The van der Waals surface area contributed by atoms with Crippen molar-refractivity contribution in [3.05, 3.63) is 34.9 Å². The molecular formula is C14H23ClN2O. The first-order chi connectivity index (χ1) is 8.04. The molecule has 0 aliphatic rings. The molecule has 3 nitrogen and oxygen atoms in total. The van der Waals surface area contributed by atoms with E-state index in [1.54, 1.807) is 0 Å². The summed E-state index contributed by atoms with van der Waals surface area (Å²) in [6, 6.07) is 6.39. The van der Waals surface area contributed by atoms with Crippen molar-refractivity contribution in [2.24, 2.45) is 0 Å². The molecule has 4 heteroatoms. The van der Waals surface area contributed by atoms with Crippen molar-refractivity contribution in [1.82, 2.24) is 10.6 Å². The van der Waals surface area contributed by atoms with E-state index in [0.717, 1.165) is 0 Å². The highest BCUT2D eigenvalue weighted by Crippen LogP contribution is 2.18. The molecule has 1 aromatic rings. The minimum absolute atomic E-state index is 0. The molecule has 0 bridgehead atoms. The number of hydrogen-bond acceptors (Lipinski definition) is 2. The third-order valence-electron chi connectivity index (χ3n) is 2.87. The van der Waals surface area contributed by atoms with E-state index in [-0.39, 0.29) is 24.4 Å². The second-order valence-electron chi connectivity index (χ2n) is 4.50. The van der Waals surface area contributed by atoms with Crippen LogP contribution in [0.1, 0.15) is 36.1 Å². The molecule has 2 N–H and O–H groups in total. The van der Waals surface area contributed by atoms with E-state index in [0.29, 0.717) is 13.0 Å². The van der Waals surface area contributed by atoms with E-state index < -0.39 is 0 Å². The van der Waals surface area contributed by atoms with E-state index in [9.17, 15) is 4.79 Å². The lowest BCUT2D eigenvalue weighted by molar-refractivity contribution is -0.121. The number of nitrogens with one attached hydrogen (secondary N) is 2. The van der Waals surface area contributed by atoms with Crippen molar-refractivity contribution in [2.45, 2.75) is 33.2 Å². The maximum Gasteiger partial charge on any atom is 0.221 e. The van der Waals surface area contributed by atoms with Crippen LogP contribution in [0.15, 0.2) is 18.2 Å². The highest BCUT2D eigenvalue weighted by molar-refractivity contribution is 5.85. The number of benzene rings is 1. The largest absolute Gasteiger partial charge is 0.350 e. The van der Waals surface area contributed by atoms with Crippen LogP contribution < -0.4 is 10.6 Å². The van der Waals surface area contributed by atoms with E-state index in [1.807, 2.05) is 14.0 Å². The summed E-state index contributed by atoms with van der Waals surface area (Å²) < 4.78 is 0. The van der Waals surface area contributed by atoms with Crippen LogP contribution in [0.5, 0.6) is 0 Å². The van der Waals surface area contributed by atoms with Gasteiger partial charge in [0.2, 0.25) is 5.91 Å². The van der Waals surface area contributed by atoms with Crippen molar-refractivity contribution in [3.63, 3.8) is 0 Å². The lowest BCUT2D eigenvalue weighted by Gasteiger charge is -2.17. The number of carbonyl (C=O) groups excluding carboxylic acids is 1. The molecule has 0 spiro atoms. The first-order valence-corrected chi connectivity index (χ1v) is 6.05. The molecule has 0 fully saturated rings. The van der Waals surface area contributed by atoms with Gasteiger partial charge in [-0.2, -0.15) is 0 Å². The molecule has 1 unspecified atom stereocenters. The maximum atomic E-state index is 11.6. The van der Waals surface area contributed by atoms with Gasteiger partial charge in [0.05, 0.1) is 6.04 Å². The standard InChI is InChI=1S/C14H22N2O.ClH/c1-10-5-6-13(11(2)9-10)12(3)16-14(17)7-8-15-4;/h5-6,9,12,15H,7-8H2,1-4H3,(H,16,17);1H. The number of amides is 1. The van der Waals surface area contributed by atoms with Crippen LogP contribution in [-0.2, 0) is 4.79 Å². The Hall–Kier alpha value is -1.06. The molecular weight excluding hydrogens is 248 g/mol. The van der Waals surface area contributed by atoms with Gasteiger partial charge in [0.15, 0.2) is 0 Å². The van der Waals surface area contributed by atoms with Crippen LogP contribution in [0.3, 0.4) is 0 Å². The van der Waals surface area contributed by atoms with Crippen molar-refractivity contribution >= 4 is 18.3 Å². The predicted octanol–water partition coefficient (Wildman–Crippen LogP) is 2.51. The zero-order chi connectivity index (χ0) is 12.8. The molecule has 1 rings (SSSR count). The molecule has 18 heavy (non-hydrogen) atoms. The molecule has 102 valence electrons. The molecule has 0 saturated carbocycles. The Morgan fingerprint density at radius 2 is 2.00 bits per heavy atom. The van der Waals surface area contributed by atoms with Crippen molar-refractivity contribution in [2.75, 3.05) is 13.6 Å². The Morgan fingerprint density at radius 1 is 1.33 bits per heavy atom. The zero-order valence-electron chi connectivity index (χ0n) is 11.5. The van der Waals surface area contributed by atoms with E-state index >= 15 is 0 Å². The Kier molecular flexibility index (Phi) is 7.64. The van der Waals surface area contributed by atoms with E-state index in [4.69, 9.17) is 0 Å². The SMILES string of the molecule is CNCCC(=O)NC(C)c1ccc(C)cc1C.Cl. The summed E-state index contributed by atoms with van der Waals surface area (Å²) in [5.41, 5.74) is 3.67. The lowest BCUT2D eigenvalue weighted by Crippen LogP contribution is -2.29. The zero-order valence-corrected chi connectivity index (χ0v) is 12.4. The molecule has 0 aliphatic heterocycles. The fraction of sp³-hybridized carbons (Fsp3) is 0.500. The van der Waals surface area contributed by atoms with Gasteiger partial charge in [-0.25, -0.2) is 0 Å². The number of halogens is 1. The molecule has 1 atom stereocenters. The summed E-state index contributed by atoms with van der Waals surface area (Å²) in [6.07, 6.45) is 0.520. The first kappa shape index (κ1) is 16.9. The molecule has 1 amide bonds. The Balaban J connectivity index is 0.00000289. The normalized spacial score (nSPS) is 11.6. The molecule has 1 aromatic carbocycles. The summed E-state index contributed by atoms with van der Waals surface area (Å²) in [5.74, 6) is 0.0897. The van der Waals surface area contributed by atoms with Crippen LogP contribution in [-0.4, -0.2) is 19.5 Å². The van der Waals surface area contributed by atoms with Gasteiger partial charge in [-0.3, -0.25) is 4.79 Å². The van der Waals surface area contributed by atoms with Crippen molar-refractivity contribution in [1.29, 1.82) is 0 Å². The fourth-order valence-corrected chi connectivity index (χ4v) is 1.94. The average Bonchev–Trinajstić information content (AvgIpc) is 2.26. The molecule has 0 aromatic heterocycles. The quantitative estimate of drug-likeness (QED) is 0.863. The van der Waals surface area contributed by atoms with Gasteiger partial charge in [0, 0.05) is 13.0 Å². The smallest absolute Gasteiger partial charge is 0.221 e. The van der Waals surface area contributed by atoms with Crippen molar-refractivity contribution < 1.29 is 4.79 Å². The molecule has 0 saturated heterocycles. The minimum Gasteiger partial charge on any atom is -0.350 e. The second kappa shape index (κ2) is 8.11. The van der Waals surface area contributed by atoms with Gasteiger partial charge >= 0.3 is 0 Å². The Bertz CT molecular complexity index is 393. The predicted molar refractivity (Wildman–Crippen MR) is 78.3 cm³/mol. The summed E-state index contributed by atoms with van der Waals surface area (Å²) >= 11 is 0. The molecule has 0 heterocycles. The highest BCUT2D eigenvalue weighted by Gasteiger charge is 2.11. The molecule has 0 aliphatic carbocycles. The summed E-state index contributed by atoms with van der Waals surface area (Å²) in [6.45, 7) is 6.89. The Morgan fingerprint density at radius 3 is 2.56 bits per heavy atom. The van der Waals surface area contributed by atoms with Crippen LogP contribution in [0.4, 0.5) is 0 Å². The maximum absolute atomic E-state index is 11.6. The number of hydrogen-bond donors (Lipinski definition) is 2. The van der Waals surface area contributed by atoms with Gasteiger partial charge in [0.1, 0.15) is 0 Å². The van der Waals surface area contributed by atoms with Crippen LogP contribution in [0.2, 0.25) is 0 Å². The van der Waals surface area contributed by atoms with Gasteiger partial charge in [-0.05, 0) is 38.9 Å². The van der Waals surface area contributed by atoms with Crippen molar-refractivity contribution in [3.8, 4) is 0 Å². The summed E-state index contributed by atoms with van der Waals surface area (Å²) in [7, 11) is 1.85. The average molecular weight is 271 g/mol. The van der Waals surface area contributed by atoms with Gasteiger partial charge in [-0.1, -0.05) is 23.8 Å². The van der Waals surface area contributed by atoms with E-state index in [2.05, 4.69) is 42.7 Å². The lowest BCUT2D eigenvalue weighted by atomic mass is 10.0. The fourth-order valence-electron chi connectivity index (χ4n) is 1.94. The first-order valence-electron chi connectivity index (χ1n) is 6.05. The van der Waals surface area contributed by atoms with Gasteiger partial charge < -0.3 is 10.6 Å². The van der Waals surface area contributed by atoms with Crippen LogP contribution >= 0.6 is 12.4 Å². The number of carbonyl (C=O) groups is 1. The number of rotatable bonds is 5. The summed E-state index contributed by atoms with van der Waals surface area (Å²) in [5, 5.41) is 5.98. The minimum atomic E-state index is 0. The Labute approximate surface area is 116 Å². The molecule has 0 radical (unpaired) electrons. The summed E-state index contributed by atoms with van der Waals surface area (Å²) in [4.78, 5) is 11.6. The topological polar surface area (TPSA) is 41.1 Å². The number of aryl methyl sites for hydroxylation is 2. The van der Waals surface area contributed by atoms with E-state index in [1.165, 1.54) is 16.7 Å². The van der Waals surface area contributed by atoms with Gasteiger partial charge in [-0.15, -0.1) is 12.4 Å². The third-order valence-corrected chi connectivity index (χ3v) is 2.87. The van der Waals surface area contributed by atoms with Crippen LogP contribution in [0.25, 0.3) is 0 Å². The van der Waals surface area contributed by atoms with Gasteiger partial charge in [0.25, 0.3) is 0 Å². The second-order valence-corrected chi connectivity index (χ2v) is 4.50. The van der Waals surface area contributed by atoms with Crippen LogP contribution in [0, 0.1) is 13.8 Å².